The second-order valence-corrected chi connectivity index (χ2v) is 3.47. The van der Waals surface area contributed by atoms with Crippen LogP contribution in [0.25, 0.3) is 0 Å². The summed E-state index contributed by atoms with van der Waals surface area (Å²) in [5.74, 6) is 0. The average molecular weight is 231 g/mol. The van der Waals surface area contributed by atoms with Gasteiger partial charge >= 0.3 is 0 Å². The summed E-state index contributed by atoms with van der Waals surface area (Å²) in [7, 11) is 0. The van der Waals surface area contributed by atoms with Gasteiger partial charge in [0.1, 0.15) is 6.61 Å². The lowest BCUT2D eigenvalue weighted by molar-refractivity contribution is 0.146. The molecule has 0 aliphatic rings. The van der Waals surface area contributed by atoms with Crippen molar-refractivity contribution in [3.05, 3.63) is 33.8 Å². The summed E-state index contributed by atoms with van der Waals surface area (Å²) in [6.07, 6.45) is 2.47. The van der Waals surface area contributed by atoms with Gasteiger partial charge in [-0.2, -0.15) is 0 Å². The first-order valence-electron chi connectivity index (χ1n) is 4.26. The third kappa shape index (κ3) is 3.56. The molecule has 1 radical (unpaired) electrons. The highest BCUT2D eigenvalue weighted by Gasteiger charge is 1.98. The van der Waals surface area contributed by atoms with Gasteiger partial charge in [-0.1, -0.05) is 35.3 Å². The van der Waals surface area contributed by atoms with E-state index in [0.717, 1.165) is 12.0 Å². The summed E-state index contributed by atoms with van der Waals surface area (Å²) >= 11 is 11.6. The Morgan fingerprint density at radius 2 is 2.36 bits per heavy atom. The first kappa shape index (κ1) is 11.3. The third-order valence-corrected chi connectivity index (χ3v) is 2.00. The van der Waals surface area contributed by atoms with Crippen LogP contribution < -0.4 is 0 Å². The zero-order valence-electron chi connectivity index (χ0n) is 7.76. The molecule has 0 aliphatic carbocycles. The number of halogens is 2. The minimum Gasteiger partial charge on any atom is -0.396 e. The lowest BCUT2D eigenvalue weighted by atomic mass is 10.2. The molecule has 0 heterocycles. The van der Waals surface area contributed by atoms with Crippen LogP contribution in [0.4, 0.5) is 0 Å². The molecule has 0 saturated carbocycles. The van der Waals surface area contributed by atoms with Crippen molar-refractivity contribution >= 4 is 29.4 Å². The van der Waals surface area contributed by atoms with E-state index in [2.05, 4.69) is 11.2 Å². The molecule has 75 valence electrons. The van der Waals surface area contributed by atoms with E-state index in [4.69, 9.17) is 28.0 Å². The van der Waals surface area contributed by atoms with Crippen LogP contribution >= 0.6 is 23.2 Å². The van der Waals surface area contributed by atoms with Gasteiger partial charge in [-0.3, -0.25) is 0 Å². The van der Waals surface area contributed by atoms with Crippen molar-refractivity contribution in [1.82, 2.24) is 0 Å². The van der Waals surface area contributed by atoms with Crippen LogP contribution in [0.1, 0.15) is 18.9 Å². The molecule has 0 saturated heterocycles. The van der Waals surface area contributed by atoms with Crippen LogP contribution in [0, 0.1) is 6.07 Å². The summed E-state index contributed by atoms with van der Waals surface area (Å²) in [6.45, 7) is 2.62. The van der Waals surface area contributed by atoms with Crippen molar-refractivity contribution in [2.45, 2.75) is 13.3 Å². The van der Waals surface area contributed by atoms with E-state index in [1.165, 1.54) is 0 Å². The fourth-order valence-corrected chi connectivity index (χ4v) is 1.22. The Morgan fingerprint density at radius 1 is 1.57 bits per heavy atom. The highest BCUT2D eigenvalue weighted by molar-refractivity contribution is 6.36. The van der Waals surface area contributed by atoms with Crippen LogP contribution in [-0.4, -0.2) is 12.8 Å². The fourth-order valence-electron chi connectivity index (χ4n) is 0.789. The normalized spacial score (nSPS) is 10.8. The SMILES string of the molecule is CCCO/N=C/c1c[c]c(Cl)cc1Cl. The Bertz CT molecular complexity index is 326. The lowest BCUT2D eigenvalue weighted by Gasteiger charge is -1.98. The molecule has 0 N–H and O–H groups in total. The van der Waals surface area contributed by atoms with Gasteiger partial charge < -0.3 is 4.84 Å². The van der Waals surface area contributed by atoms with Gasteiger partial charge in [-0.15, -0.1) is 0 Å². The number of nitrogens with zero attached hydrogens (tertiary/aromatic N) is 1. The van der Waals surface area contributed by atoms with Gasteiger partial charge in [0.05, 0.1) is 11.2 Å². The molecule has 0 atom stereocenters. The molecule has 1 aromatic rings. The van der Waals surface area contributed by atoms with E-state index >= 15 is 0 Å². The van der Waals surface area contributed by atoms with Crippen LogP contribution in [0.2, 0.25) is 10.0 Å². The standard InChI is InChI=1S/C10H10Cl2NO/c1-2-5-14-13-7-8-3-4-9(11)6-10(8)12/h3,6-7H,2,5H2,1H3/b13-7+. The second-order valence-electron chi connectivity index (χ2n) is 2.65. The number of rotatable bonds is 4. The zero-order valence-corrected chi connectivity index (χ0v) is 9.27. The van der Waals surface area contributed by atoms with Gasteiger partial charge in [-0.25, -0.2) is 0 Å². The number of oxime groups is 1. The van der Waals surface area contributed by atoms with Gasteiger partial charge in [0, 0.05) is 16.7 Å². The zero-order chi connectivity index (χ0) is 10.4. The van der Waals surface area contributed by atoms with Crippen molar-refractivity contribution in [2.75, 3.05) is 6.61 Å². The summed E-state index contributed by atoms with van der Waals surface area (Å²) in [6, 6.07) is 6.10. The number of benzene rings is 1. The molecular weight excluding hydrogens is 221 g/mol. The second kappa shape index (κ2) is 5.89. The Balaban J connectivity index is 2.62. The fraction of sp³-hybridized carbons (Fsp3) is 0.300. The van der Waals surface area contributed by atoms with E-state index in [1.54, 1.807) is 18.3 Å². The minimum absolute atomic E-state index is 0.488. The molecule has 4 heteroatoms. The molecule has 0 fully saturated rings. The van der Waals surface area contributed by atoms with Gasteiger partial charge in [0.25, 0.3) is 0 Å². The molecule has 0 bridgehead atoms. The lowest BCUT2D eigenvalue weighted by Crippen LogP contribution is -1.87. The maximum atomic E-state index is 5.89. The van der Waals surface area contributed by atoms with Crippen molar-refractivity contribution in [1.29, 1.82) is 0 Å². The summed E-state index contributed by atoms with van der Waals surface area (Å²) in [5.41, 5.74) is 0.743. The molecule has 0 amide bonds. The largest absolute Gasteiger partial charge is 0.396 e. The maximum Gasteiger partial charge on any atom is 0.116 e. The van der Waals surface area contributed by atoms with E-state index in [1.807, 2.05) is 6.92 Å². The average Bonchev–Trinajstić information content (AvgIpc) is 2.15. The first-order chi connectivity index (χ1) is 6.74. The molecule has 0 aromatic heterocycles. The smallest absolute Gasteiger partial charge is 0.116 e. The Morgan fingerprint density at radius 3 is 3.00 bits per heavy atom. The molecule has 0 aliphatic heterocycles. The van der Waals surface area contributed by atoms with E-state index in [0.29, 0.717) is 16.7 Å². The Kier molecular flexibility index (Phi) is 4.77. The molecule has 1 rings (SSSR count). The highest BCUT2D eigenvalue weighted by atomic mass is 35.5. The minimum atomic E-state index is 0.488. The summed E-state index contributed by atoms with van der Waals surface area (Å²) < 4.78 is 0. The summed E-state index contributed by atoms with van der Waals surface area (Å²) in [5, 5.41) is 4.78. The van der Waals surface area contributed by atoms with E-state index in [9.17, 15) is 0 Å². The number of hydrogen-bond acceptors (Lipinski definition) is 2. The van der Waals surface area contributed by atoms with E-state index in [-0.39, 0.29) is 0 Å². The first-order valence-corrected chi connectivity index (χ1v) is 5.01. The van der Waals surface area contributed by atoms with Crippen molar-refractivity contribution < 1.29 is 4.84 Å². The maximum absolute atomic E-state index is 5.89. The van der Waals surface area contributed by atoms with Crippen LogP contribution in [0.3, 0.4) is 0 Å². The molecule has 1 aromatic carbocycles. The Labute approximate surface area is 93.5 Å². The Hall–Kier alpha value is -0.730. The van der Waals surface area contributed by atoms with Crippen LogP contribution in [-0.2, 0) is 4.84 Å². The molecule has 0 unspecified atom stereocenters. The predicted molar refractivity (Wildman–Crippen MR) is 59.1 cm³/mol. The van der Waals surface area contributed by atoms with E-state index < -0.39 is 0 Å². The number of hydrogen-bond donors (Lipinski definition) is 0. The predicted octanol–water partition coefficient (Wildman–Crippen LogP) is 3.55. The third-order valence-electron chi connectivity index (χ3n) is 1.46. The van der Waals surface area contributed by atoms with Crippen molar-refractivity contribution in [2.24, 2.45) is 5.16 Å². The summed E-state index contributed by atoms with van der Waals surface area (Å²) in [4.78, 5) is 4.94. The molecule has 2 nitrogen and oxygen atoms in total. The monoisotopic (exact) mass is 230 g/mol. The molecule has 14 heavy (non-hydrogen) atoms. The van der Waals surface area contributed by atoms with Crippen molar-refractivity contribution in [3.8, 4) is 0 Å². The van der Waals surface area contributed by atoms with Gasteiger partial charge in [0.2, 0.25) is 0 Å². The van der Waals surface area contributed by atoms with Gasteiger partial charge in [0.15, 0.2) is 0 Å². The highest BCUT2D eigenvalue weighted by Crippen LogP contribution is 2.18. The van der Waals surface area contributed by atoms with Crippen molar-refractivity contribution in [3.63, 3.8) is 0 Å². The van der Waals surface area contributed by atoms with Crippen LogP contribution in [0.15, 0.2) is 17.3 Å². The molecule has 0 spiro atoms. The topological polar surface area (TPSA) is 21.6 Å². The van der Waals surface area contributed by atoms with Gasteiger partial charge in [-0.05, 0) is 18.6 Å². The molecular formula is C10H10Cl2NO. The quantitative estimate of drug-likeness (QED) is 0.441. The van der Waals surface area contributed by atoms with Crippen LogP contribution in [0.5, 0.6) is 0 Å².